The SMILES string of the molecule is NNc1c(I)cccc1CO. The topological polar surface area (TPSA) is 58.3 Å². The Morgan fingerprint density at radius 3 is 2.73 bits per heavy atom. The number of nitrogen functional groups attached to an aromatic ring is 1. The fourth-order valence-electron chi connectivity index (χ4n) is 0.862. The first-order valence-corrected chi connectivity index (χ1v) is 4.22. The summed E-state index contributed by atoms with van der Waals surface area (Å²) in [5.74, 6) is 5.26. The van der Waals surface area contributed by atoms with Crippen LogP contribution in [-0.2, 0) is 6.61 Å². The molecule has 11 heavy (non-hydrogen) atoms. The molecule has 0 saturated carbocycles. The average molecular weight is 264 g/mol. The molecule has 0 heterocycles. The fourth-order valence-corrected chi connectivity index (χ4v) is 1.57. The van der Waals surface area contributed by atoms with Crippen LogP contribution in [0.3, 0.4) is 0 Å². The summed E-state index contributed by atoms with van der Waals surface area (Å²) < 4.78 is 1.01. The predicted molar refractivity (Wildman–Crippen MR) is 52.9 cm³/mol. The van der Waals surface area contributed by atoms with Crippen LogP contribution in [0.15, 0.2) is 18.2 Å². The molecule has 1 aromatic rings. The lowest BCUT2D eigenvalue weighted by atomic mass is 10.2. The lowest BCUT2D eigenvalue weighted by molar-refractivity contribution is 0.282. The molecule has 0 aliphatic carbocycles. The van der Waals surface area contributed by atoms with Crippen LogP contribution in [0.1, 0.15) is 5.56 Å². The molecule has 0 bridgehead atoms. The lowest BCUT2D eigenvalue weighted by Crippen LogP contribution is -2.10. The quantitative estimate of drug-likeness (QED) is 0.425. The number of halogens is 1. The Balaban J connectivity index is 3.13. The Morgan fingerprint density at radius 2 is 2.27 bits per heavy atom. The number of nitrogens with two attached hydrogens (primary N) is 1. The third-order valence-corrected chi connectivity index (χ3v) is 2.31. The van der Waals surface area contributed by atoms with E-state index in [9.17, 15) is 0 Å². The molecule has 4 heteroatoms. The molecule has 0 amide bonds. The number of aliphatic hydroxyl groups is 1. The number of hydrogen-bond donors (Lipinski definition) is 3. The van der Waals surface area contributed by atoms with Crippen molar-refractivity contribution in [1.82, 2.24) is 0 Å². The summed E-state index contributed by atoms with van der Waals surface area (Å²) in [6, 6.07) is 5.64. The second kappa shape index (κ2) is 3.89. The highest BCUT2D eigenvalue weighted by atomic mass is 127. The van der Waals surface area contributed by atoms with Crippen molar-refractivity contribution in [3.05, 3.63) is 27.3 Å². The summed E-state index contributed by atoms with van der Waals surface area (Å²) in [4.78, 5) is 0. The van der Waals surface area contributed by atoms with E-state index in [-0.39, 0.29) is 6.61 Å². The zero-order valence-electron chi connectivity index (χ0n) is 5.84. The van der Waals surface area contributed by atoms with Crippen molar-refractivity contribution < 1.29 is 5.11 Å². The van der Waals surface area contributed by atoms with E-state index in [1.165, 1.54) is 0 Å². The second-order valence-corrected chi connectivity index (χ2v) is 3.24. The van der Waals surface area contributed by atoms with Crippen LogP contribution < -0.4 is 11.3 Å². The Morgan fingerprint density at radius 1 is 1.55 bits per heavy atom. The minimum absolute atomic E-state index is 0.0103. The molecule has 1 rings (SSSR count). The van der Waals surface area contributed by atoms with Gasteiger partial charge in [-0.3, -0.25) is 5.84 Å². The molecule has 0 spiro atoms. The van der Waals surface area contributed by atoms with Gasteiger partial charge in [0.1, 0.15) is 0 Å². The summed E-state index contributed by atoms with van der Waals surface area (Å²) in [5.41, 5.74) is 4.17. The maximum absolute atomic E-state index is 8.88. The van der Waals surface area contributed by atoms with Crippen LogP contribution in [-0.4, -0.2) is 5.11 Å². The number of hydrogen-bond acceptors (Lipinski definition) is 3. The monoisotopic (exact) mass is 264 g/mol. The minimum Gasteiger partial charge on any atom is -0.392 e. The predicted octanol–water partition coefficient (Wildman–Crippen LogP) is 1.07. The van der Waals surface area contributed by atoms with E-state index in [4.69, 9.17) is 10.9 Å². The number of para-hydroxylation sites is 1. The van der Waals surface area contributed by atoms with Gasteiger partial charge in [-0.05, 0) is 28.7 Å². The van der Waals surface area contributed by atoms with E-state index in [0.29, 0.717) is 0 Å². The van der Waals surface area contributed by atoms with Gasteiger partial charge in [-0.15, -0.1) is 0 Å². The molecule has 4 N–H and O–H groups in total. The maximum atomic E-state index is 8.88. The second-order valence-electron chi connectivity index (χ2n) is 2.08. The molecular formula is C7H9IN2O. The first-order chi connectivity index (χ1) is 5.29. The Bertz CT molecular complexity index is 252. The number of rotatable bonds is 2. The highest BCUT2D eigenvalue weighted by molar-refractivity contribution is 14.1. The third kappa shape index (κ3) is 1.82. The normalized spacial score (nSPS) is 9.73. The average Bonchev–Trinajstić information content (AvgIpc) is 2.04. The van der Waals surface area contributed by atoms with Gasteiger partial charge in [0.2, 0.25) is 0 Å². The minimum atomic E-state index is 0.0103. The van der Waals surface area contributed by atoms with Crippen LogP contribution in [0, 0.1) is 3.57 Å². The Kier molecular flexibility index (Phi) is 3.10. The summed E-state index contributed by atoms with van der Waals surface area (Å²) in [6.07, 6.45) is 0. The van der Waals surface area contributed by atoms with Gasteiger partial charge in [0, 0.05) is 9.13 Å². The number of aliphatic hydroxyl groups excluding tert-OH is 1. The summed E-state index contributed by atoms with van der Waals surface area (Å²) >= 11 is 2.16. The van der Waals surface area contributed by atoms with Gasteiger partial charge in [0.25, 0.3) is 0 Å². The zero-order chi connectivity index (χ0) is 8.27. The number of hydrazine groups is 1. The summed E-state index contributed by atoms with van der Waals surface area (Å²) in [6.45, 7) is 0.0103. The molecule has 1 aromatic carbocycles. The van der Waals surface area contributed by atoms with Crippen molar-refractivity contribution in [2.24, 2.45) is 5.84 Å². The molecule has 0 aliphatic rings. The van der Waals surface area contributed by atoms with Crippen LogP contribution in [0.5, 0.6) is 0 Å². The molecule has 0 radical (unpaired) electrons. The molecule has 0 unspecified atom stereocenters. The largest absolute Gasteiger partial charge is 0.392 e. The van der Waals surface area contributed by atoms with Crippen molar-refractivity contribution in [3.63, 3.8) is 0 Å². The van der Waals surface area contributed by atoms with Crippen LogP contribution in [0.4, 0.5) is 5.69 Å². The van der Waals surface area contributed by atoms with E-state index in [2.05, 4.69) is 28.0 Å². The highest BCUT2D eigenvalue weighted by Crippen LogP contribution is 2.21. The van der Waals surface area contributed by atoms with Gasteiger partial charge in [0.15, 0.2) is 0 Å². The van der Waals surface area contributed by atoms with E-state index < -0.39 is 0 Å². The molecular weight excluding hydrogens is 255 g/mol. The number of anilines is 1. The van der Waals surface area contributed by atoms with Gasteiger partial charge in [-0.2, -0.15) is 0 Å². The Hall–Kier alpha value is -0.330. The van der Waals surface area contributed by atoms with Gasteiger partial charge >= 0.3 is 0 Å². The molecule has 3 nitrogen and oxygen atoms in total. The zero-order valence-corrected chi connectivity index (χ0v) is 8.00. The molecule has 0 saturated heterocycles. The van der Waals surface area contributed by atoms with Gasteiger partial charge in [-0.1, -0.05) is 12.1 Å². The van der Waals surface area contributed by atoms with Gasteiger partial charge in [-0.25, -0.2) is 0 Å². The van der Waals surface area contributed by atoms with Gasteiger partial charge in [0.05, 0.1) is 12.3 Å². The van der Waals surface area contributed by atoms with Crippen molar-refractivity contribution in [2.75, 3.05) is 5.43 Å². The molecule has 60 valence electrons. The number of nitrogens with one attached hydrogen (secondary N) is 1. The Labute approximate surface area is 78.7 Å². The number of benzene rings is 1. The first kappa shape index (κ1) is 8.76. The van der Waals surface area contributed by atoms with Crippen molar-refractivity contribution in [1.29, 1.82) is 0 Å². The van der Waals surface area contributed by atoms with E-state index >= 15 is 0 Å². The van der Waals surface area contributed by atoms with E-state index in [0.717, 1.165) is 14.8 Å². The van der Waals surface area contributed by atoms with Crippen molar-refractivity contribution in [3.8, 4) is 0 Å². The molecule has 0 aliphatic heterocycles. The lowest BCUT2D eigenvalue weighted by Gasteiger charge is -2.07. The highest BCUT2D eigenvalue weighted by Gasteiger charge is 2.02. The maximum Gasteiger partial charge on any atom is 0.0702 e. The van der Waals surface area contributed by atoms with Crippen molar-refractivity contribution >= 4 is 28.3 Å². The molecule has 0 aromatic heterocycles. The van der Waals surface area contributed by atoms with Gasteiger partial charge < -0.3 is 10.5 Å². The first-order valence-electron chi connectivity index (χ1n) is 3.14. The van der Waals surface area contributed by atoms with Crippen LogP contribution in [0.2, 0.25) is 0 Å². The van der Waals surface area contributed by atoms with E-state index in [1.807, 2.05) is 18.2 Å². The third-order valence-electron chi connectivity index (χ3n) is 1.41. The summed E-state index contributed by atoms with van der Waals surface area (Å²) in [7, 11) is 0. The molecule has 0 atom stereocenters. The fraction of sp³-hybridized carbons (Fsp3) is 0.143. The molecule has 0 fully saturated rings. The van der Waals surface area contributed by atoms with Crippen molar-refractivity contribution in [2.45, 2.75) is 6.61 Å². The smallest absolute Gasteiger partial charge is 0.0702 e. The summed E-state index contributed by atoms with van der Waals surface area (Å²) in [5, 5.41) is 8.88. The standard InChI is InChI=1S/C7H9IN2O/c8-6-3-1-2-5(4-11)7(6)10-9/h1-3,10-11H,4,9H2. The van der Waals surface area contributed by atoms with E-state index in [1.54, 1.807) is 0 Å². The van der Waals surface area contributed by atoms with Crippen LogP contribution >= 0.6 is 22.6 Å². The van der Waals surface area contributed by atoms with Crippen LogP contribution in [0.25, 0.3) is 0 Å².